The van der Waals surface area contributed by atoms with Crippen molar-refractivity contribution >= 4 is 46.0 Å². The van der Waals surface area contributed by atoms with Crippen LogP contribution in [-0.4, -0.2) is 79.2 Å². The summed E-state index contributed by atoms with van der Waals surface area (Å²) in [6.45, 7) is 0.402. The molecule has 4 amide bonds. The topological polar surface area (TPSA) is 182 Å². The Morgan fingerprint density at radius 1 is 1.02 bits per heavy atom. The fourth-order valence-corrected chi connectivity index (χ4v) is 5.05. The van der Waals surface area contributed by atoms with E-state index in [0.29, 0.717) is 66.0 Å². The molecule has 1 saturated heterocycles. The third-order valence-electron chi connectivity index (χ3n) is 7.30. The molecule has 2 heterocycles. The molecule has 1 fully saturated rings. The number of amides is 4. The zero-order valence-electron chi connectivity index (χ0n) is 24.7. The molecule has 1 aliphatic heterocycles. The second kappa shape index (κ2) is 14.9. The van der Waals surface area contributed by atoms with Crippen molar-refractivity contribution in [1.82, 2.24) is 20.5 Å². The largest absolute Gasteiger partial charge is 0.493 e. The van der Waals surface area contributed by atoms with Gasteiger partial charge in [-0.15, -0.1) is 0 Å². The number of methoxy groups -OCH3 is 2. The van der Waals surface area contributed by atoms with Crippen molar-refractivity contribution in [2.24, 2.45) is 5.73 Å². The van der Waals surface area contributed by atoms with E-state index in [1.807, 2.05) is 0 Å². The number of rotatable bonds is 13. The number of likely N-dealkylation sites (tertiary alicyclic amines) is 1. The Morgan fingerprint density at radius 3 is 2.57 bits per heavy atom. The molecule has 1 atom stereocenters. The number of fused-ring (bicyclic) bond motifs is 1. The molecule has 0 bridgehead atoms. The van der Waals surface area contributed by atoms with Crippen LogP contribution in [0.5, 0.6) is 11.5 Å². The molecular weight excluding hydrogens is 568 g/mol. The lowest BCUT2D eigenvalue weighted by atomic mass is 10.1. The maximum Gasteiger partial charge on any atom is 0.289 e. The molecule has 1 aromatic heterocycles. The van der Waals surface area contributed by atoms with Crippen molar-refractivity contribution in [2.45, 2.75) is 38.3 Å². The lowest BCUT2D eigenvalue weighted by Gasteiger charge is -2.23. The highest BCUT2D eigenvalue weighted by Gasteiger charge is 2.37. The summed E-state index contributed by atoms with van der Waals surface area (Å²) < 4.78 is 10.5. The molecule has 5 N–H and O–H groups in total. The number of hydrogen-bond acceptors (Lipinski definition) is 9. The van der Waals surface area contributed by atoms with E-state index < -0.39 is 29.5 Å². The Balaban J connectivity index is 1.36. The number of nitrogens with one attached hydrogen (secondary N) is 3. The van der Waals surface area contributed by atoms with Gasteiger partial charge < -0.3 is 36.1 Å². The Labute approximate surface area is 254 Å². The molecule has 13 nitrogen and oxygen atoms in total. The van der Waals surface area contributed by atoms with Gasteiger partial charge in [0, 0.05) is 31.1 Å². The van der Waals surface area contributed by atoms with E-state index in [2.05, 4.69) is 20.9 Å². The van der Waals surface area contributed by atoms with Gasteiger partial charge in [0.2, 0.25) is 17.6 Å². The van der Waals surface area contributed by atoms with Gasteiger partial charge in [-0.2, -0.15) is 0 Å². The molecular formula is C31H36N6O7. The average molecular weight is 605 g/mol. The monoisotopic (exact) mass is 604 g/mol. The highest BCUT2D eigenvalue weighted by atomic mass is 16.5. The van der Waals surface area contributed by atoms with Gasteiger partial charge in [-0.3, -0.25) is 29.0 Å². The van der Waals surface area contributed by atoms with Crippen molar-refractivity contribution in [3.05, 3.63) is 59.8 Å². The lowest BCUT2D eigenvalue weighted by Crippen LogP contribution is -2.49. The van der Waals surface area contributed by atoms with Gasteiger partial charge in [-0.1, -0.05) is 18.2 Å². The van der Waals surface area contributed by atoms with Crippen molar-refractivity contribution in [2.75, 3.05) is 39.2 Å². The normalized spacial score (nSPS) is 14.2. The summed E-state index contributed by atoms with van der Waals surface area (Å²) in [5, 5.41) is 8.52. The van der Waals surface area contributed by atoms with E-state index >= 15 is 0 Å². The smallest absolute Gasteiger partial charge is 0.289 e. The molecule has 3 aromatic rings. The minimum absolute atomic E-state index is 0.0840. The predicted molar refractivity (Wildman–Crippen MR) is 162 cm³/mol. The minimum Gasteiger partial charge on any atom is -0.493 e. The first kappa shape index (κ1) is 31.9. The fraction of sp³-hybridized carbons (Fsp3) is 0.355. The highest BCUT2D eigenvalue weighted by molar-refractivity contribution is 6.38. The number of carbonyl (C=O) groups excluding carboxylic acids is 5. The van der Waals surface area contributed by atoms with Crippen molar-refractivity contribution in [3.63, 3.8) is 0 Å². The number of ether oxygens (including phenoxy) is 2. The third-order valence-corrected chi connectivity index (χ3v) is 7.30. The summed E-state index contributed by atoms with van der Waals surface area (Å²) in [4.78, 5) is 69.8. The summed E-state index contributed by atoms with van der Waals surface area (Å²) >= 11 is 0. The quantitative estimate of drug-likeness (QED) is 0.210. The standard InChI is InChI=1S/C31H36N6O7/c1-43-24-11-10-19(16-25(24)44-2)17-34-31(42)29(40)23-8-5-15-37(23)27(39)18-35-30(41)21-12-14-33-28-20(21)6-3-7-22(28)36-26(38)9-4-13-32/h3,6-7,10-12,14,16,23H,4-5,8-9,13,15,17-18,32H2,1-2H3,(H,34,42)(H,35,41)(H,36,38)/t23-/m0/s1. The summed E-state index contributed by atoms with van der Waals surface area (Å²) in [6, 6.07) is 10.8. The van der Waals surface area contributed by atoms with Crippen LogP contribution < -0.4 is 31.2 Å². The number of anilines is 1. The lowest BCUT2D eigenvalue weighted by molar-refractivity contribution is -0.144. The second-order valence-electron chi connectivity index (χ2n) is 10.2. The Kier molecular flexibility index (Phi) is 10.8. The molecule has 0 unspecified atom stereocenters. The first-order valence-electron chi connectivity index (χ1n) is 14.3. The second-order valence-corrected chi connectivity index (χ2v) is 10.2. The summed E-state index contributed by atoms with van der Waals surface area (Å²) in [5.41, 5.74) is 7.34. The van der Waals surface area contributed by atoms with Gasteiger partial charge in [0.25, 0.3) is 11.8 Å². The van der Waals surface area contributed by atoms with E-state index in [4.69, 9.17) is 15.2 Å². The van der Waals surface area contributed by atoms with Crippen LogP contribution >= 0.6 is 0 Å². The molecule has 2 aromatic carbocycles. The molecule has 13 heteroatoms. The van der Waals surface area contributed by atoms with Crippen molar-refractivity contribution < 1.29 is 33.4 Å². The van der Waals surface area contributed by atoms with E-state index in [-0.39, 0.29) is 31.0 Å². The Hall–Kier alpha value is -5.04. The molecule has 0 aliphatic carbocycles. The van der Waals surface area contributed by atoms with E-state index in [1.165, 1.54) is 31.4 Å². The van der Waals surface area contributed by atoms with Gasteiger partial charge in [-0.05, 0) is 55.6 Å². The number of nitrogens with zero attached hydrogens (tertiary/aromatic N) is 2. The summed E-state index contributed by atoms with van der Waals surface area (Å²) in [6.07, 6.45) is 3.14. The van der Waals surface area contributed by atoms with Crippen LogP contribution in [0.1, 0.15) is 41.6 Å². The SMILES string of the molecule is COc1ccc(CNC(=O)C(=O)[C@@H]2CCCN2C(=O)CNC(=O)c2ccnc3c(NC(=O)CCCN)cccc23)cc1OC. The number of benzene rings is 2. The average Bonchev–Trinajstić information content (AvgIpc) is 3.54. The van der Waals surface area contributed by atoms with Gasteiger partial charge in [0.05, 0.1) is 37.5 Å². The van der Waals surface area contributed by atoms with Crippen molar-refractivity contribution in [1.29, 1.82) is 0 Å². The highest BCUT2D eigenvalue weighted by Crippen LogP contribution is 2.28. The molecule has 232 valence electrons. The molecule has 4 rings (SSSR count). The molecule has 0 radical (unpaired) electrons. The zero-order valence-corrected chi connectivity index (χ0v) is 24.7. The van der Waals surface area contributed by atoms with Crippen LogP contribution in [0.2, 0.25) is 0 Å². The number of nitrogens with two attached hydrogens (primary N) is 1. The molecule has 0 saturated carbocycles. The van der Waals surface area contributed by atoms with E-state index in [0.717, 1.165) is 0 Å². The Morgan fingerprint density at radius 2 is 1.82 bits per heavy atom. The first-order chi connectivity index (χ1) is 21.3. The van der Waals surface area contributed by atoms with Crippen LogP contribution in [0.3, 0.4) is 0 Å². The van der Waals surface area contributed by atoms with Crippen LogP contribution in [-0.2, 0) is 25.7 Å². The van der Waals surface area contributed by atoms with Crippen LogP contribution in [0, 0.1) is 0 Å². The van der Waals surface area contributed by atoms with Gasteiger partial charge in [-0.25, -0.2) is 0 Å². The van der Waals surface area contributed by atoms with Gasteiger partial charge in [0.15, 0.2) is 11.5 Å². The summed E-state index contributed by atoms with van der Waals surface area (Å²) in [7, 11) is 3.02. The number of carbonyl (C=O) groups is 5. The van der Waals surface area contributed by atoms with Crippen LogP contribution in [0.4, 0.5) is 5.69 Å². The number of aromatic nitrogens is 1. The maximum atomic E-state index is 13.1. The van der Waals surface area contributed by atoms with Gasteiger partial charge >= 0.3 is 0 Å². The van der Waals surface area contributed by atoms with Gasteiger partial charge in [0.1, 0.15) is 6.04 Å². The number of hydrogen-bond donors (Lipinski definition) is 4. The predicted octanol–water partition coefficient (Wildman–Crippen LogP) is 1.54. The number of pyridine rings is 1. The number of ketones is 1. The number of para-hydroxylation sites is 1. The van der Waals surface area contributed by atoms with Crippen LogP contribution in [0.25, 0.3) is 10.9 Å². The maximum absolute atomic E-state index is 13.1. The third kappa shape index (κ3) is 7.48. The Bertz CT molecular complexity index is 1560. The van der Waals surface area contributed by atoms with Crippen LogP contribution in [0.15, 0.2) is 48.7 Å². The minimum atomic E-state index is -0.919. The van der Waals surface area contributed by atoms with Crippen molar-refractivity contribution in [3.8, 4) is 11.5 Å². The van der Waals surface area contributed by atoms with E-state index in [1.54, 1.807) is 36.4 Å². The molecule has 1 aliphatic rings. The summed E-state index contributed by atoms with van der Waals surface area (Å²) in [5.74, 6) is -1.71. The number of Topliss-reactive ketones (excluding diaryl/α,β-unsaturated/α-hetero) is 1. The first-order valence-corrected chi connectivity index (χ1v) is 14.3. The zero-order chi connectivity index (χ0) is 31.6. The van der Waals surface area contributed by atoms with E-state index in [9.17, 15) is 24.0 Å². The molecule has 44 heavy (non-hydrogen) atoms. The fourth-order valence-electron chi connectivity index (χ4n) is 5.05. The molecule has 0 spiro atoms.